The van der Waals surface area contributed by atoms with Gasteiger partial charge < -0.3 is 15.1 Å². The topological polar surface area (TPSA) is 37.2 Å². The highest BCUT2D eigenvalue weighted by Crippen LogP contribution is 2.08. The van der Waals surface area contributed by atoms with Crippen LogP contribution in [0.3, 0.4) is 0 Å². The molecule has 0 bridgehead atoms. The second-order valence-electron chi connectivity index (χ2n) is 3.39. The monoisotopic (exact) mass is 250 g/mol. The highest BCUT2D eigenvalue weighted by molar-refractivity contribution is 7.80. The lowest BCUT2D eigenvalue weighted by atomic mass is 10.3. The first-order valence-electron chi connectivity index (χ1n) is 5.07. The first-order chi connectivity index (χ1) is 8.24. The smallest absolute Gasteiger partial charge is 0.171 e. The molecular formula is C12H11FN2OS. The van der Waals surface area contributed by atoms with Gasteiger partial charge in [-0.25, -0.2) is 4.39 Å². The lowest BCUT2D eigenvalue weighted by Crippen LogP contribution is -2.27. The maximum absolute atomic E-state index is 12.7. The molecule has 0 radical (unpaired) electrons. The number of hydrogen-bond donors (Lipinski definition) is 2. The number of furan rings is 1. The summed E-state index contributed by atoms with van der Waals surface area (Å²) in [6.45, 7) is 0.514. The van der Waals surface area contributed by atoms with Gasteiger partial charge in [0.05, 0.1) is 12.8 Å². The zero-order valence-electron chi connectivity index (χ0n) is 8.94. The SMILES string of the molecule is Fc1ccc(NC(=S)NCc2ccco2)cc1. The molecule has 0 fully saturated rings. The van der Waals surface area contributed by atoms with E-state index in [1.807, 2.05) is 12.1 Å². The largest absolute Gasteiger partial charge is 0.467 e. The molecule has 3 nitrogen and oxygen atoms in total. The first-order valence-corrected chi connectivity index (χ1v) is 5.47. The third kappa shape index (κ3) is 3.57. The summed E-state index contributed by atoms with van der Waals surface area (Å²) in [5.74, 6) is 0.526. The minimum absolute atomic E-state index is 0.273. The van der Waals surface area contributed by atoms with Gasteiger partial charge in [-0.15, -0.1) is 0 Å². The fourth-order valence-electron chi connectivity index (χ4n) is 1.29. The van der Waals surface area contributed by atoms with Crippen molar-refractivity contribution in [2.75, 3.05) is 5.32 Å². The van der Waals surface area contributed by atoms with E-state index in [9.17, 15) is 4.39 Å². The fourth-order valence-corrected chi connectivity index (χ4v) is 1.48. The molecule has 0 amide bonds. The molecular weight excluding hydrogens is 239 g/mol. The highest BCUT2D eigenvalue weighted by Gasteiger charge is 1.99. The number of nitrogens with one attached hydrogen (secondary N) is 2. The Bertz CT molecular complexity index is 482. The van der Waals surface area contributed by atoms with Crippen LogP contribution in [0, 0.1) is 5.82 Å². The van der Waals surface area contributed by atoms with Crippen molar-refractivity contribution in [3.8, 4) is 0 Å². The van der Waals surface area contributed by atoms with Gasteiger partial charge in [0.25, 0.3) is 0 Å². The summed E-state index contributed by atoms with van der Waals surface area (Å²) in [6, 6.07) is 9.66. The molecule has 0 atom stereocenters. The Labute approximate surface area is 104 Å². The van der Waals surface area contributed by atoms with Crippen LogP contribution >= 0.6 is 12.2 Å². The predicted molar refractivity (Wildman–Crippen MR) is 68.2 cm³/mol. The van der Waals surface area contributed by atoms with Crippen LogP contribution in [0.25, 0.3) is 0 Å². The number of anilines is 1. The lowest BCUT2D eigenvalue weighted by Gasteiger charge is -2.09. The average molecular weight is 250 g/mol. The van der Waals surface area contributed by atoms with Crippen LogP contribution in [0.15, 0.2) is 47.1 Å². The number of rotatable bonds is 3. The molecule has 2 aromatic rings. The van der Waals surface area contributed by atoms with Gasteiger partial charge >= 0.3 is 0 Å². The van der Waals surface area contributed by atoms with Crippen LogP contribution in [-0.4, -0.2) is 5.11 Å². The molecule has 2 N–H and O–H groups in total. The molecule has 1 heterocycles. The van der Waals surface area contributed by atoms with E-state index in [-0.39, 0.29) is 5.82 Å². The highest BCUT2D eigenvalue weighted by atomic mass is 32.1. The van der Waals surface area contributed by atoms with Crippen molar-refractivity contribution in [3.63, 3.8) is 0 Å². The summed E-state index contributed by atoms with van der Waals surface area (Å²) in [5.41, 5.74) is 0.739. The third-order valence-corrected chi connectivity index (χ3v) is 2.35. The molecule has 0 aliphatic heterocycles. The molecule has 88 valence electrons. The molecule has 5 heteroatoms. The zero-order valence-corrected chi connectivity index (χ0v) is 9.76. The number of hydrogen-bond acceptors (Lipinski definition) is 2. The second-order valence-corrected chi connectivity index (χ2v) is 3.80. The van der Waals surface area contributed by atoms with E-state index in [1.165, 1.54) is 12.1 Å². The maximum Gasteiger partial charge on any atom is 0.171 e. The van der Waals surface area contributed by atoms with Crippen molar-refractivity contribution in [3.05, 3.63) is 54.2 Å². The average Bonchev–Trinajstić information content (AvgIpc) is 2.83. The Balaban J connectivity index is 1.83. The van der Waals surface area contributed by atoms with Gasteiger partial charge in [0.15, 0.2) is 5.11 Å². The summed E-state index contributed by atoms with van der Waals surface area (Å²) >= 11 is 5.08. The van der Waals surface area contributed by atoms with Crippen molar-refractivity contribution >= 4 is 23.0 Å². The Morgan fingerprint density at radius 2 is 2.00 bits per heavy atom. The second kappa shape index (κ2) is 5.45. The van der Waals surface area contributed by atoms with E-state index < -0.39 is 0 Å². The molecule has 0 aliphatic rings. The normalized spacial score (nSPS) is 9.94. The van der Waals surface area contributed by atoms with Gasteiger partial charge in [0.1, 0.15) is 11.6 Å². The van der Waals surface area contributed by atoms with Crippen LogP contribution in [0.2, 0.25) is 0 Å². The molecule has 17 heavy (non-hydrogen) atoms. The van der Waals surface area contributed by atoms with Gasteiger partial charge in [-0.2, -0.15) is 0 Å². The van der Waals surface area contributed by atoms with Crippen LogP contribution in [0.1, 0.15) is 5.76 Å². The van der Waals surface area contributed by atoms with Gasteiger partial charge in [-0.3, -0.25) is 0 Å². The molecule has 0 saturated heterocycles. The first kappa shape index (κ1) is 11.6. The molecule has 0 saturated carbocycles. The number of halogens is 1. The van der Waals surface area contributed by atoms with Crippen molar-refractivity contribution in [1.29, 1.82) is 0 Å². The van der Waals surface area contributed by atoms with Crippen LogP contribution in [0.4, 0.5) is 10.1 Å². The van der Waals surface area contributed by atoms with Gasteiger partial charge in [-0.05, 0) is 48.6 Å². The third-order valence-electron chi connectivity index (χ3n) is 2.11. The van der Waals surface area contributed by atoms with E-state index in [0.29, 0.717) is 11.7 Å². The summed E-state index contributed by atoms with van der Waals surface area (Å²) < 4.78 is 17.8. The Morgan fingerprint density at radius 1 is 1.24 bits per heavy atom. The van der Waals surface area contributed by atoms with Crippen molar-refractivity contribution in [2.45, 2.75) is 6.54 Å². The zero-order chi connectivity index (χ0) is 12.1. The molecule has 0 spiro atoms. The van der Waals surface area contributed by atoms with E-state index in [2.05, 4.69) is 10.6 Å². The molecule has 2 rings (SSSR count). The summed E-state index contributed by atoms with van der Waals surface area (Å²) in [7, 11) is 0. The summed E-state index contributed by atoms with van der Waals surface area (Å²) in [5, 5.41) is 6.39. The Morgan fingerprint density at radius 3 is 2.65 bits per heavy atom. The van der Waals surface area contributed by atoms with Crippen LogP contribution in [0.5, 0.6) is 0 Å². The van der Waals surface area contributed by atoms with Crippen LogP contribution in [-0.2, 0) is 6.54 Å². The van der Waals surface area contributed by atoms with Crippen molar-refractivity contribution in [2.24, 2.45) is 0 Å². The minimum atomic E-state index is -0.273. The van der Waals surface area contributed by atoms with Gasteiger partial charge in [0, 0.05) is 5.69 Å². The quantitative estimate of drug-likeness (QED) is 0.821. The Kier molecular flexibility index (Phi) is 3.72. The molecule has 1 aromatic carbocycles. The van der Waals surface area contributed by atoms with Gasteiger partial charge in [0.2, 0.25) is 0 Å². The lowest BCUT2D eigenvalue weighted by molar-refractivity contribution is 0.503. The molecule has 0 unspecified atom stereocenters. The van der Waals surface area contributed by atoms with E-state index in [0.717, 1.165) is 11.4 Å². The Hall–Kier alpha value is -1.88. The van der Waals surface area contributed by atoms with Crippen molar-refractivity contribution in [1.82, 2.24) is 5.32 Å². The standard InChI is InChI=1S/C12H11FN2OS/c13-9-3-5-10(6-4-9)15-12(17)14-8-11-2-1-7-16-11/h1-7H,8H2,(H2,14,15,17). The van der Waals surface area contributed by atoms with E-state index in [1.54, 1.807) is 18.4 Å². The molecule has 0 aliphatic carbocycles. The minimum Gasteiger partial charge on any atom is -0.467 e. The molecule has 1 aromatic heterocycles. The summed E-state index contributed by atoms with van der Waals surface area (Å²) in [6.07, 6.45) is 1.60. The van der Waals surface area contributed by atoms with E-state index >= 15 is 0 Å². The summed E-state index contributed by atoms with van der Waals surface area (Å²) in [4.78, 5) is 0. The predicted octanol–water partition coefficient (Wildman–Crippen LogP) is 2.91. The van der Waals surface area contributed by atoms with E-state index in [4.69, 9.17) is 16.6 Å². The number of thiocarbonyl (C=S) groups is 1. The van der Waals surface area contributed by atoms with Crippen molar-refractivity contribution < 1.29 is 8.81 Å². The van der Waals surface area contributed by atoms with Crippen LogP contribution < -0.4 is 10.6 Å². The maximum atomic E-state index is 12.7. The number of benzene rings is 1. The fraction of sp³-hybridized carbons (Fsp3) is 0.0833. The van der Waals surface area contributed by atoms with Gasteiger partial charge in [-0.1, -0.05) is 0 Å².